The molecule has 0 radical (unpaired) electrons. The van der Waals surface area contributed by atoms with E-state index in [9.17, 15) is 19.2 Å². The Hall–Kier alpha value is -2.22. The van der Waals surface area contributed by atoms with Crippen LogP contribution in [0.15, 0.2) is 22.7 Å². The molecule has 1 N–H and O–H groups in total. The van der Waals surface area contributed by atoms with Crippen LogP contribution in [0.5, 0.6) is 0 Å². The summed E-state index contributed by atoms with van der Waals surface area (Å²) in [7, 11) is 0. The van der Waals surface area contributed by atoms with Crippen molar-refractivity contribution in [3.05, 3.63) is 33.8 Å². The number of nitrogens with zero attached hydrogens (tertiary/aromatic N) is 1. The van der Waals surface area contributed by atoms with Gasteiger partial charge in [-0.1, -0.05) is 42.6 Å². The molecule has 0 aromatic heterocycles. The second-order valence-electron chi connectivity index (χ2n) is 8.16. The Balaban J connectivity index is 1.39. The van der Waals surface area contributed by atoms with Crippen LogP contribution in [0.2, 0.25) is 0 Å². The lowest BCUT2D eigenvalue weighted by Crippen LogP contribution is -2.45. The summed E-state index contributed by atoms with van der Waals surface area (Å²) >= 11 is 3.29. The van der Waals surface area contributed by atoms with Crippen LogP contribution in [0.4, 0.5) is 0 Å². The van der Waals surface area contributed by atoms with Gasteiger partial charge in [-0.2, -0.15) is 0 Å². The summed E-state index contributed by atoms with van der Waals surface area (Å²) in [6.07, 6.45) is 3.52. The number of carbonyl (C=O) groups excluding carboxylic acids is 4. The highest BCUT2D eigenvalue weighted by atomic mass is 79.9. The molecule has 7 nitrogen and oxygen atoms in total. The Labute approximate surface area is 184 Å². The van der Waals surface area contributed by atoms with E-state index in [1.807, 2.05) is 0 Å². The zero-order valence-electron chi connectivity index (χ0n) is 17.3. The fourth-order valence-electron chi connectivity index (χ4n) is 4.10. The maximum atomic E-state index is 12.4. The first-order chi connectivity index (χ1) is 14.3. The van der Waals surface area contributed by atoms with Gasteiger partial charge in [0.2, 0.25) is 0 Å². The monoisotopic (exact) mass is 478 g/mol. The van der Waals surface area contributed by atoms with Crippen LogP contribution < -0.4 is 5.32 Å². The van der Waals surface area contributed by atoms with Crippen molar-refractivity contribution in [2.24, 2.45) is 11.8 Å². The van der Waals surface area contributed by atoms with E-state index in [2.05, 4.69) is 35.1 Å². The van der Waals surface area contributed by atoms with Crippen molar-refractivity contribution in [3.8, 4) is 0 Å². The largest absolute Gasteiger partial charge is 0.456 e. The first kappa shape index (κ1) is 22.5. The number of amides is 3. The van der Waals surface area contributed by atoms with Crippen molar-refractivity contribution in [1.82, 2.24) is 10.2 Å². The highest BCUT2D eigenvalue weighted by Crippen LogP contribution is 2.29. The predicted molar refractivity (Wildman–Crippen MR) is 114 cm³/mol. The molecule has 0 spiro atoms. The smallest absolute Gasteiger partial charge is 0.306 e. The minimum Gasteiger partial charge on any atom is -0.456 e. The van der Waals surface area contributed by atoms with Crippen LogP contribution in [0.3, 0.4) is 0 Å². The predicted octanol–water partition coefficient (Wildman–Crippen LogP) is 3.31. The first-order valence-corrected chi connectivity index (χ1v) is 11.2. The fourth-order valence-corrected chi connectivity index (χ4v) is 4.46. The fraction of sp³-hybridized carbons (Fsp3) is 0.545. The number of benzene rings is 1. The van der Waals surface area contributed by atoms with Crippen LogP contribution in [-0.4, -0.2) is 47.8 Å². The van der Waals surface area contributed by atoms with Gasteiger partial charge in [-0.05, 0) is 42.9 Å². The van der Waals surface area contributed by atoms with E-state index in [0.29, 0.717) is 23.0 Å². The molecule has 3 unspecified atom stereocenters. The topological polar surface area (TPSA) is 92.8 Å². The standard InChI is InChI=1S/C22H27BrN2O5/c1-13-5-3-6-18(14(13)2)24-19(26)12-30-20(27)7-4-10-25-21(28)16-9-8-15(23)11-17(16)22(25)29/h8-9,11,13-14,18H,3-7,10,12H2,1-2H3,(H,24,26). The molecule has 3 rings (SSSR count). The van der Waals surface area contributed by atoms with Crippen LogP contribution in [0, 0.1) is 11.8 Å². The van der Waals surface area contributed by atoms with E-state index in [1.54, 1.807) is 18.2 Å². The van der Waals surface area contributed by atoms with E-state index < -0.39 is 5.97 Å². The Kier molecular flexibility index (Phi) is 7.28. The number of halogens is 1. The number of imide groups is 1. The van der Waals surface area contributed by atoms with Gasteiger partial charge in [-0.15, -0.1) is 0 Å². The highest BCUT2D eigenvalue weighted by molar-refractivity contribution is 9.10. The maximum Gasteiger partial charge on any atom is 0.306 e. The minimum atomic E-state index is -0.519. The van der Waals surface area contributed by atoms with Crippen LogP contribution in [0.25, 0.3) is 0 Å². The molecular formula is C22H27BrN2O5. The molecule has 3 atom stereocenters. The van der Waals surface area contributed by atoms with Crippen LogP contribution in [0.1, 0.15) is 66.7 Å². The zero-order valence-corrected chi connectivity index (χ0v) is 18.9. The summed E-state index contributed by atoms with van der Waals surface area (Å²) in [6.45, 7) is 4.15. The van der Waals surface area contributed by atoms with Crippen molar-refractivity contribution < 1.29 is 23.9 Å². The minimum absolute atomic E-state index is 0.0290. The van der Waals surface area contributed by atoms with Gasteiger partial charge in [0.15, 0.2) is 6.61 Å². The average molecular weight is 479 g/mol. The molecule has 8 heteroatoms. The molecule has 1 fully saturated rings. The summed E-state index contributed by atoms with van der Waals surface area (Å²) in [6, 6.07) is 5.07. The molecule has 3 amide bonds. The highest BCUT2D eigenvalue weighted by Gasteiger charge is 2.35. The van der Waals surface area contributed by atoms with Gasteiger partial charge < -0.3 is 10.1 Å². The zero-order chi connectivity index (χ0) is 21.8. The van der Waals surface area contributed by atoms with Gasteiger partial charge >= 0.3 is 5.97 Å². The van der Waals surface area contributed by atoms with Gasteiger partial charge in [-0.3, -0.25) is 24.1 Å². The second-order valence-corrected chi connectivity index (χ2v) is 9.07. The molecule has 1 aliphatic heterocycles. The molecule has 30 heavy (non-hydrogen) atoms. The van der Waals surface area contributed by atoms with E-state index in [4.69, 9.17) is 4.74 Å². The third-order valence-electron chi connectivity index (χ3n) is 6.11. The van der Waals surface area contributed by atoms with Gasteiger partial charge in [0.25, 0.3) is 17.7 Å². The molecule has 1 aromatic carbocycles. The third kappa shape index (κ3) is 5.09. The molecule has 2 aliphatic rings. The Bertz CT molecular complexity index is 856. The van der Waals surface area contributed by atoms with E-state index in [0.717, 1.165) is 22.2 Å². The summed E-state index contributed by atoms with van der Waals surface area (Å²) in [5, 5.41) is 2.96. The molecular weight excluding hydrogens is 452 g/mol. The lowest BCUT2D eigenvalue weighted by atomic mass is 9.78. The first-order valence-electron chi connectivity index (χ1n) is 10.4. The molecule has 0 bridgehead atoms. The van der Waals surface area contributed by atoms with Gasteiger partial charge in [0.05, 0.1) is 11.1 Å². The Morgan fingerprint density at radius 3 is 2.67 bits per heavy atom. The van der Waals surface area contributed by atoms with Gasteiger partial charge in [0, 0.05) is 23.5 Å². The van der Waals surface area contributed by atoms with Crippen LogP contribution >= 0.6 is 15.9 Å². The molecule has 0 saturated heterocycles. The lowest BCUT2D eigenvalue weighted by molar-refractivity contribution is -0.149. The summed E-state index contributed by atoms with van der Waals surface area (Å²) in [5.41, 5.74) is 0.730. The molecule has 162 valence electrons. The normalized spacial score (nSPS) is 23.3. The number of esters is 1. The maximum absolute atomic E-state index is 12.4. The van der Waals surface area contributed by atoms with Crippen LogP contribution in [-0.2, 0) is 14.3 Å². The van der Waals surface area contributed by atoms with Gasteiger partial charge in [0.1, 0.15) is 0 Å². The van der Waals surface area contributed by atoms with E-state index in [1.165, 1.54) is 6.42 Å². The summed E-state index contributed by atoms with van der Waals surface area (Å²) in [5.74, 6) is -0.561. The van der Waals surface area contributed by atoms with Crippen molar-refractivity contribution in [2.45, 2.75) is 52.0 Å². The number of rotatable bonds is 7. The third-order valence-corrected chi connectivity index (χ3v) is 6.61. The molecule has 1 saturated carbocycles. The molecule has 1 aromatic rings. The van der Waals surface area contributed by atoms with Crippen molar-refractivity contribution >= 4 is 39.6 Å². The lowest BCUT2D eigenvalue weighted by Gasteiger charge is -2.34. The number of fused-ring (bicyclic) bond motifs is 1. The Morgan fingerprint density at radius 1 is 1.17 bits per heavy atom. The van der Waals surface area contributed by atoms with Crippen molar-refractivity contribution in [1.29, 1.82) is 0 Å². The SMILES string of the molecule is CC1CCCC(NC(=O)COC(=O)CCCN2C(=O)c3ccc(Br)cc3C2=O)C1C. The quantitative estimate of drug-likeness (QED) is 0.479. The molecule has 1 heterocycles. The van der Waals surface area contributed by atoms with Gasteiger partial charge in [-0.25, -0.2) is 0 Å². The number of carbonyl (C=O) groups is 4. The van der Waals surface area contributed by atoms with E-state index in [-0.39, 0.29) is 49.8 Å². The number of hydrogen-bond donors (Lipinski definition) is 1. The number of nitrogens with one attached hydrogen (secondary N) is 1. The summed E-state index contributed by atoms with van der Waals surface area (Å²) in [4.78, 5) is 50.0. The van der Waals surface area contributed by atoms with E-state index >= 15 is 0 Å². The number of ether oxygens (including phenoxy) is 1. The summed E-state index contributed by atoms with van der Waals surface area (Å²) < 4.78 is 5.78. The average Bonchev–Trinajstić information content (AvgIpc) is 2.94. The van der Waals surface area contributed by atoms with Crippen molar-refractivity contribution in [3.63, 3.8) is 0 Å². The second kappa shape index (κ2) is 9.73. The van der Waals surface area contributed by atoms with Crippen molar-refractivity contribution in [2.75, 3.05) is 13.2 Å². The number of hydrogen-bond acceptors (Lipinski definition) is 5. The Morgan fingerprint density at radius 2 is 1.90 bits per heavy atom. The molecule has 1 aliphatic carbocycles.